The van der Waals surface area contributed by atoms with E-state index in [0.717, 1.165) is 11.1 Å². The molecule has 0 aliphatic heterocycles. The van der Waals surface area contributed by atoms with Crippen LogP contribution in [0.3, 0.4) is 0 Å². The smallest absolute Gasteiger partial charge is 0.333 e. The Kier molecular flexibility index (Phi) is 2.42. The molecule has 15 heavy (non-hydrogen) atoms. The lowest BCUT2D eigenvalue weighted by molar-refractivity contribution is -0.137. The Morgan fingerprint density at radius 2 is 2.20 bits per heavy atom. The number of hydrogen-bond donors (Lipinski definition) is 0. The van der Waals surface area contributed by atoms with Crippen LogP contribution in [0.1, 0.15) is 6.92 Å². The SMILES string of the molecule is C=C(C)C(=O)OCC1=CC=C2C=CC=C21. The van der Waals surface area contributed by atoms with Crippen LogP contribution in [-0.4, -0.2) is 12.6 Å². The van der Waals surface area contributed by atoms with Gasteiger partial charge in [0, 0.05) is 5.57 Å². The highest BCUT2D eigenvalue weighted by molar-refractivity contribution is 5.87. The summed E-state index contributed by atoms with van der Waals surface area (Å²) < 4.78 is 5.09. The molecular weight excluding hydrogens is 188 g/mol. The van der Waals surface area contributed by atoms with Crippen molar-refractivity contribution in [2.24, 2.45) is 0 Å². The van der Waals surface area contributed by atoms with Crippen LogP contribution in [-0.2, 0) is 9.53 Å². The molecule has 0 spiro atoms. The Balaban J connectivity index is 1.94. The zero-order valence-corrected chi connectivity index (χ0v) is 8.62. The van der Waals surface area contributed by atoms with Crippen molar-refractivity contribution in [3.05, 3.63) is 59.3 Å². The monoisotopic (exact) mass is 200 g/mol. The average Bonchev–Trinajstić information content (AvgIpc) is 2.76. The van der Waals surface area contributed by atoms with Crippen LogP contribution in [0.4, 0.5) is 0 Å². The molecule has 0 amide bonds. The van der Waals surface area contributed by atoms with E-state index in [1.165, 1.54) is 5.57 Å². The Labute approximate surface area is 88.9 Å². The quantitative estimate of drug-likeness (QED) is 0.516. The Hall–Kier alpha value is -1.83. The summed E-state index contributed by atoms with van der Waals surface area (Å²) in [6.45, 7) is 5.50. The van der Waals surface area contributed by atoms with Crippen molar-refractivity contribution < 1.29 is 9.53 Å². The molecule has 0 aromatic rings. The number of allylic oxidation sites excluding steroid dienone is 6. The molecular formula is C13H12O2. The second-order valence-electron chi connectivity index (χ2n) is 3.61. The van der Waals surface area contributed by atoms with E-state index < -0.39 is 0 Å². The van der Waals surface area contributed by atoms with Crippen molar-refractivity contribution in [3.63, 3.8) is 0 Å². The molecule has 0 heterocycles. The number of hydrogen-bond acceptors (Lipinski definition) is 2. The highest BCUT2D eigenvalue weighted by Gasteiger charge is 2.17. The zero-order valence-electron chi connectivity index (χ0n) is 8.62. The maximum absolute atomic E-state index is 11.2. The van der Waals surface area contributed by atoms with Gasteiger partial charge in [0.25, 0.3) is 0 Å². The van der Waals surface area contributed by atoms with Crippen LogP contribution < -0.4 is 0 Å². The summed E-state index contributed by atoms with van der Waals surface area (Å²) >= 11 is 0. The van der Waals surface area contributed by atoms with E-state index in [1.54, 1.807) is 6.92 Å². The topological polar surface area (TPSA) is 26.3 Å². The zero-order chi connectivity index (χ0) is 10.8. The van der Waals surface area contributed by atoms with Crippen LogP contribution in [0.25, 0.3) is 0 Å². The molecule has 0 aromatic heterocycles. The first-order valence-corrected chi connectivity index (χ1v) is 4.81. The van der Waals surface area contributed by atoms with Gasteiger partial charge in [-0.3, -0.25) is 0 Å². The number of rotatable bonds is 3. The van der Waals surface area contributed by atoms with Crippen molar-refractivity contribution in [3.8, 4) is 0 Å². The Morgan fingerprint density at radius 3 is 2.93 bits per heavy atom. The molecule has 0 saturated carbocycles. The first kappa shape index (κ1) is 9.71. The minimum atomic E-state index is -0.337. The van der Waals surface area contributed by atoms with Crippen LogP contribution >= 0.6 is 0 Å². The number of fused-ring (bicyclic) bond motifs is 1. The minimum absolute atomic E-state index is 0.319. The molecule has 0 fully saturated rings. The largest absolute Gasteiger partial charge is 0.457 e. The Bertz CT molecular complexity index is 445. The third kappa shape index (κ3) is 1.84. The van der Waals surface area contributed by atoms with Gasteiger partial charge in [-0.25, -0.2) is 4.79 Å². The summed E-state index contributed by atoms with van der Waals surface area (Å²) in [6, 6.07) is 0. The number of carbonyl (C=O) groups is 1. The first-order valence-electron chi connectivity index (χ1n) is 4.81. The molecule has 2 heteroatoms. The van der Waals surface area contributed by atoms with E-state index in [0.29, 0.717) is 12.2 Å². The van der Waals surface area contributed by atoms with Gasteiger partial charge in [-0.1, -0.05) is 37.0 Å². The van der Waals surface area contributed by atoms with Gasteiger partial charge in [0.1, 0.15) is 6.61 Å². The summed E-state index contributed by atoms with van der Waals surface area (Å²) in [4.78, 5) is 11.2. The number of ether oxygens (including phenoxy) is 1. The maximum Gasteiger partial charge on any atom is 0.333 e. The van der Waals surface area contributed by atoms with Crippen molar-refractivity contribution in [1.82, 2.24) is 0 Å². The van der Waals surface area contributed by atoms with E-state index in [9.17, 15) is 4.79 Å². The van der Waals surface area contributed by atoms with E-state index in [2.05, 4.69) is 6.58 Å². The van der Waals surface area contributed by atoms with Crippen molar-refractivity contribution in [1.29, 1.82) is 0 Å². The molecule has 0 atom stereocenters. The predicted molar refractivity (Wildman–Crippen MR) is 59.2 cm³/mol. The van der Waals surface area contributed by atoms with Crippen LogP contribution in [0.2, 0.25) is 0 Å². The Morgan fingerprint density at radius 1 is 1.40 bits per heavy atom. The fourth-order valence-corrected chi connectivity index (χ4v) is 1.54. The fourth-order valence-electron chi connectivity index (χ4n) is 1.54. The molecule has 0 unspecified atom stereocenters. The summed E-state index contributed by atoms with van der Waals surface area (Å²) in [6.07, 6.45) is 10.1. The van der Waals surface area contributed by atoms with Gasteiger partial charge in [0.2, 0.25) is 0 Å². The summed E-state index contributed by atoms with van der Waals surface area (Å²) in [7, 11) is 0. The van der Waals surface area contributed by atoms with Crippen LogP contribution in [0, 0.1) is 0 Å². The maximum atomic E-state index is 11.2. The van der Waals surface area contributed by atoms with Gasteiger partial charge in [0.05, 0.1) is 0 Å². The predicted octanol–water partition coefficient (Wildman–Crippen LogP) is 2.47. The third-order valence-electron chi connectivity index (χ3n) is 2.37. The van der Waals surface area contributed by atoms with Crippen molar-refractivity contribution in [2.45, 2.75) is 6.92 Å². The third-order valence-corrected chi connectivity index (χ3v) is 2.37. The lowest BCUT2D eigenvalue weighted by atomic mass is 10.1. The van der Waals surface area contributed by atoms with Gasteiger partial charge < -0.3 is 4.74 Å². The molecule has 2 nitrogen and oxygen atoms in total. The molecule has 0 N–H and O–H groups in total. The summed E-state index contributed by atoms with van der Waals surface area (Å²) in [5, 5.41) is 0. The molecule has 2 rings (SSSR count). The fraction of sp³-hybridized carbons (Fsp3) is 0.154. The minimum Gasteiger partial charge on any atom is -0.457 e. The summed E-state index contributed by atoms with van der Waals surface area (Å²) in [5.74, 6) is -0.337. The van der Waals surface area contributed by atoms with Crippen LogP contribution in [0.5, 0.6) is 0 Å². The number of carbonyl (C=O) groups excluding carboxylic acids is 1. The van der Waals surface area contributed by atoms with Crippen molar-refractivity contribution in [2.75, 3.05) is 6.61 Å². The molecule has 76 valence electrons. The van der Waals surface area contributed by atoms with Gasteiger partial charge in [-0.05, 0) is 23.6 Å². The standard InChI is InChI=1S/C13H12O2/c1-9(2)13(14)15-8-11-7-6-10-4-3-5-12(10)11/h3-7H,1,8H2,2H3. The molecule has 0 aromatic carbocycles. The van der Waals surface area contributed by atoms with Crippen molar-refractivity contribution >= 4 is 5.97 Å². The highest BCUT2D eigenvalue weighted by atomic mass is 16.5. The van der Waals surface area contributed by atoms with Gasteiger partial charge in [-0.2, -0.15) is 0 Å². The second-order valence-corrected chi connectivity index (χ2v) is 3.61. The molecule has 0 saturated heterocycles. The van der Waals surface area contributed by atoms with Gasteiger partial charge in [0.15, 0.2) is 0 Å². The van der Waals surface area contributed by atoms with Gasteiger partial charge >= 0.3 is 5.97 Å². The normalized spacial score (nSPS) is 16.7. The summed E-state index contributed by atoms with van der Waals surface area (Å²) in [5.41, 5.74) is 3.82. The highest BCUT2D eigenvalue weighted by Crippen LogP contribution is 2.30. The van der Waals surface area contributed by atoms with E-state index in [1.807, 2.05) is 30.4 Å². The molecule has 0 radical (unpaired) electrons. The second kappa shape index (κ2) is 3.73. The molecule has 0 bridgehead atoms. The van der Waals surface area contributed by atoms with E-state index in [4.69, 9.17) is 4.74 Å². The van der Waals surface area contributed by atoms with E-state index in [-0.39, 0.29) is 5.97 Å². The van der Waals surface area contributed by atoms with Crippen LogP contribution in [0.15, 0.2) is 59.3 Å². The van der Waals surface area contributed by atoms with Gasteiger partial charge in [-0.15, -0.1) is 0 Å². The first-order chi connectivity index (χ1) is 7.18. The number of esters is 1. The van der Waals surface area contributed by atoms with E-state index >= 15 is 0 Å². The lowest BCUT2D eigenvalue weighted by Gasteiger charge is -2.07. The average molecular weight is 200 g/mol. The molecule has 2 aliphatic rings. The molecule has 2 aliphatic carbocycles. The lowest BCUT2D eigenvalue weighted by Crippen LogP contribution is -2.08.